The lowest BCUT2D eigenvalue weighted by Gasteiger charge is -2.32. The summed E-state index contributed by atoms with van der Waals surface area (Å²) >= 11 is 0. The SMILES string of the molecule is CS(=O)(=O)NCCCN[C@H]1CCN(c2ccccc2)C(=O)C1. The molecule has 0 unspecified atom stereocenters. The Bertz CT molecular complexity index is 589. The van der Waals surface area contributed by atoms with Gasteiger partial charge in [-0.1, -0.05) is 18.2 Å². The molecule has 1 saturated heterocycles. The Kier molecular flexibility index (Phi) is 5.93. The quantitative estimate of drug-likeness (QED) is 0.724. The fourth-order valence-corrected chi connectivity index (χ4v) is 3.06. The molecule has 1 amide bonds. The molecule has 1 fully saturated rings. The van der Waals surface area contributed by atoms with Crippen LogP contribution in [-0.2, 0) is 14.8 Å². The smallest absolute Gasteiger partial charge is 0.228 e. The third-order valence-corrected chi connectivity index (χ3v) is 4.37. The molecule has 2 N–H and O–H groups in total. The van der Waals surface area contributed by atoms with Crippen molar-refractivity contribution in [1.82, 2.24) is 10.0 Å². The van der Waals surface area contributed by atoms with Crippen molar-refractivity contribution in [2.75, 3.05) is 30.8 Å². The van der Waals surface area contributed by atoms with Crippen molar-refractivity contribution in [3.8, 4) is 0 Å². The number of carbonyl (C=O) groups excluding carboxylic acids is 1. The van der Waals surface area contributed by atoms with Crippen LogP contribution in [0.5, 0.6) is 0 Å². The number of hydrogen-bond acceptors (Lipinski definition) is 4. The molecule has 0 bridgehead atoms. The van der Waals surface area contributed by atoms with E-state index in [9.17, 15) is 13.2 Å². The number of hydrogen-bond donors (Lipinski definition) is 2. The van der Waals surface area contributed by atoms with Crippen molar-refractivity contribution in [3.05, 3.63) is 30.3 Å². The predicted molar refractivity (Wildman–Crippen MR) is 87.3 cm³/mol. The minimum atomic E-state index is -3.11. The standard InChI is InChI=1S/C15H23N3O3S/c1-22(20,21)17-10-5-9-16-13-8-11-18(15(19)12-13)14-6-3-2-4-7-14/h2-4,6-7,13,16-17H,5,8-12H2,1H3/t13-/m0/s1. The van der Waals surface area contributed by atoms with Crippen LogP contribution in [0, 0.1) is 0 Å². The zero-order valence-corrected chi connectivity index (χ0v) is 13.6. The highest BCUT2D eigenvalue weighted by Gasteiger charge is 2.26. The Morgan fingerprint density at radius 1 is 1.23 bits per heavy atom. The van der Waals surface area contributed by atoms with E-state index in [4.69, 9.17) is 0 Å². The van der Waals surface area contributed by atoms with E-state index < -0.39 is 10.0 Å². The summed E-state index contributed by atoms with van der Waals surface area (Å²) in [7, 11) is -3.11. The highest BCUT2D eigenvalue weighted by molar-refractivity contribution is 7.88. The number of carbonyl (C=O) groups is 1. The van der Waals surface area contributed by atoms with Crippen LogP contribution >= 0.6 is 0 Å². The van der Waals surface area contributed by atoms with Crippen LogP contribution in [0.2, 0.25) is 0 Å². The largest absolute Gasteiger partial charge is 0.313 e. The molecule has 1 aliphatic rings. The summed E-state index contributed by atoms with van der Waals surface area (Å²) in [5, 5.41) is 3.33. The molecule has 1 aromatic rings. The van der Waals surface area contributed by atoms with Gasteiger partial charge < -0.3 is 10.2 Å². The number of sulfonamides is 1. The molecular weight excluding hydrogens is 302 g/mol. The average molecular weight is 325 g/mol. The predicted octanol–water partition coefficient (Wildman–Crippen LogP) is 0.711. The van der Waals surface area contributed by atoms with Gasteiger partial charge in [-0.05, 0) is 31.5 Å². The summed E-state index contributed by atoms with van der Waals surface area (Å²) in [6.45, 7) is 1.83. The Balaban J connectivity index is 1.71. The Morgan fingerprint density at radius 2 is 1.95 bits per heavy atom. The van der Waals surface area contributed by atoms with Gasteiger partial charge in [-0.15, -0.1) is 0 Å². The number of nitrogens with one attached hydrogen (secondary N) is 2. The molecule has 0 saturated carbocycles. The number of rotatable bonds is 7. The lowest BCUT2D eigenvalue weighted by Crippen LogP contribution is -2.46. The number of para-hydroxylation sites is 1. The second-order valence-electron chi connectivity index (χ2n) is 5.54. The lowest BCUT2D eigenvalue weighted by molar-refractivity contribution is -0.120. The molecule has 1 atom stereocenters. The second kappa shape index (κ2) is 7.71. The van der Waals surface area contributed by atoms with Gasteiger partial charge in [0.2, 0.25) is 15.9 Å². The van der Waals surface area contributed by atoms with E-state index in [0.29, 0.717) is 32.5 Å². The minimum Gasteiger partial charge on any atom is -0.313 e. The summed E-state index contributed by atoms with van der Waals surface area (Å²) in [5.41, 5.74) is 0.948. The summed E-state index contributed by atoms with van der Waals surface area (Å²) < 4.78 is 24.3. The van der Waals surface area contributed by atoms with E-state index in [1.54, 1.807) is 0 Å². The van der Waals surface area contributed by atoms with Crippen LogP contribution < -0.4 is 14.9 Å². The Morgan fingerprint density at radius 3 is 2.59 bits per heavy atom. The second-order valence-corrected chi connectivity index (χ2v) is 7.38. The van der Waals surface area contributed by atoms with E-state index in [2.05, 4.69) is 10.0 Å². The van der Waals surface area contributed by atoms with Crippen molar-refractivity contribution < 1.29 is 13.2 Å². The summed E-state index contributed by atoms with van der Waals surface area (Å²) in [5.74, 6) is 0.129. The van der Waals surface area contributed by atoms with Crippen molar-refractivity contribution >= 4 is 21.6 Å². The molecular formula is C15H23N3O3S. The molecule has 0 radical (unpaired) electrons. The van der Waals surface area contributed by atoms with Crippen LogP contribution in [-0.4, -0.2) is 46.3 Å². The zero-order chi connectivity index (χ0) is 16.0. The van der Waals surface area contributed by atoms with E-state index in [1.165, 1.54) is 0 Å². The zero-order valence-electron chi connectivity index (χ0n) is 12.8. The fraction of sp³-hybridized carbons (Fsp3) is 0.533. The molecule has 1 heterocycles. The Hall–Kier alpha value is -1.44. The fourth-order valence-electron chi connectivity index (χ4n) is 2.54. The minimum absolute atomic E-state index is 0.129. The maximum atomic E-state index is 12.2. The maximum Gasteiger partial charge on any atom is 0.228 e. The van der Waals surface area contributed by atoms with E-state index in [0.717, 1.165) is 18.4 Å². The number of piperidine rings is 1. The van der Waals surface area contributed by atoms with Crippen molar-refractivity contribution in [2.24, 2.45) is 0 Å². The lowest BCUT2D eigenvalue weighted by atomic mass is 10.0. The van der Waals surface area contributed by atoms with Crippen LogP contribution in [0.3, 0.4) is 0 Å². The van der Waals surface area contributed by atoms with Gasteiger partial charge in [-0.2, -0.15) is 0 Å². The van der Waals surface area contributed by atoms with Crippen molar-refractivity contribution in [2.45, 2.75) is 25.3 Å². The highest BCUT2D eigenvalue weighted by atomic mass is 32.2. The molecule has 7 heteroatoms. The Labute approximate surface area is 131 Å². The van der Waals surface area contributed by atoms with Gasteiger partial charge >= 0.3 is 0 Å². The van der Waals surface area contributed by atoms with Gasteiger partial charge in [0.25, 0.3) is 0 Å². The molecule has 0 aliphatic carbocycles. The van der Waals surface area contributed by atoms with E-state index in [1.807, 2.05) is 35.2 Å². The molecule has 0 spiro atoms. The van der Waals surface area contributed by atoms with Gasteiger partial charge in [-0.25, -0.2) is 13.1 Å². The molecule has 1 aromatic carbocycles. The summed E-state index contributed by atoms with van der Waals surface area (Å²) in [6.07, 6.45) is 3.24. The van der Waals surface area contributed by atoms with Gasteiger partial charge in [0.1, 0.15) is 0 Å². The molecule has 0 aromatic heterocycles. The van der Waals surface area contributed by atoms with Gasteiger partial charge in [0.05, 0.1) is 6.26 Å². The van der Waals surface area contributed by atoms with Crippen LogP contribution in [0.4, 0.5) is 5.69 Å². The molecule has 2 rings (SSSR count). The van der Waals surface area contributed by atoms with Gasteiger partial charge in [0.15, 0.2) is 0 Å². The maximum absolute atomic E-state index is 12.2. The normalized spacial score (nSPS) is 19.4. The molecule has 122 valence electrons. The van der Waals surface area contributed by atoms with Gasteiger partial charge in [-0.3, -0.25) is 4.79 Å². The van der Waals surface area contributed by atoms with E-state index in [-0.39, 0.29) is 11.9 Å². The van der Waals surface area contributed by atoms with Crippen LogP contribution in [0.15, 0.2) is 30.3 Å². The first kappa shape index (κ1) is 16.9. The first-order chi connectivity index (χ1) is 10.5. The van der Waals surface area contributed by atoms with Crippen LogP contribution in [0.25, 0.3) is 0 Å². The first-order valence-electron chi connectivity index (χ1n) is 7.49. The van der Waals surface area contributed by atoms with Gasteiger partial charge in [0, 0.05) is 31.2 Å². The third-order valence-electron chi connectivity index (χ3n) is 3.64. The average Bonchev–Trinajstić information content (AvgIpc) is 2.47. The van der Waals surface area contributed by atoms with Crippen molar-refractivity contribution in [3.63, 3.8) is 0 Å². The van der Waals surface area contributed by atoms with E-state index >= 15 is 0 Å². The highest BCUT2D eigenvalue weighted by Crippen LogP contribution is 2.20. The van der Waals surface area contributed by atoms with Crippen LogP contribution in [0.1, 0.15) is 19.3 Å². The summed E-state index contributed by atoms with van der Waals surface area (Å²) in [6, 6.07) is 9.87. The number of amides is 1. The third kappa shape index (κ3) is 5.40. The summed E-state index contributed by atoms with van der Waals surface area (Å²) in [4.78, 5) is 14.0. The number of anilines is 1. The molecule has 1 aliphatic heterocycles. The number of benzene rings is 1. The number of nitrogens with zero attached hydrogens (tertiary/aromatic N) is 1. The molecule has 22 heavy (non-hydrogen) atoms. The molecule has 6 nitrogen and oxygen atoms in total. The first-order valence-corrected chi connectivity index (χ1v) is 9.38. The topological polar surface area (TPSA) is 78.5 Å². The van der Waals surface area contributed by atoms with Crippen molar-refractivity contribution in [1.29, 1.82) is 0 Å². The monoisotopic (exact) mass is 325 g/mol.